The Morgan fingerprint density at radius 2 is 1.72 bits per heavy atom. The van der Waals surface area contributed by atoms with E-state index < -0.39 is 0 Å². The minimum absolute atomic E-state index is 0.0919. The van der Waals surface area contributed by atoms with Gasteiger partial charge in [-0.05, 0) is 73.1 Å². The maximum absolute atomic E-state index is 13.2. The van der Waals surface area contributed by atoms with Crippen molar-refractivity contribution in [3.05, 3.63) is 65.5 Å². The average molecular weight is 440 g/mol. The third kappa shape index (κ3) is 6.89. The Morgan fingerprint density at radius 3 is 2.34 bits per heavy atom. The van der Waals surface area contributed by atoms with Crippen LogP contribution in [0.4, 0.5) is 10.1 Å². The topological polar surface area (TPSA) is 75.4 Å². The number of nitrogens with one attached hydrogen (secondary N) is 1. The van der Waals surface area contributed by atoms with Crippen molar-refractivity contribution in [2.24, 2.45) is 11.1 Å². The van der Waals surface area contributed by atoms with Gasteiger partial charge in [-0.1, -0.05) is 32.9 Å². The zero-order valence-corrected chi connectivity index (χ0v) is 19.2. The van der Waals surface area contributed by atoms with Crippen LogP contribution in [0.2, 0.25) is 0 Å². The van der Waals surface area contributed by atoms with Crippen LogP contribution >= 0.6 is 0 Å². The molecule has 3 rings (SSSR count). The van der Waals surface area contributed by atoms with Crippen LogP contribution in [0, 0.1) is 11.2 Å². The number of carbonyl (C=O) groups is 2. The zero-order valence-electron chi connectivity index (χ0n) is 19.2. The second-order valence-electron chi connectivity index (χ2n) is 9.99. The molecule has 0 bridgehead atoms. The number of hydrogen-bond donors (Lipinski definition) is 2. The summed E-state index contributed by atoms with van der Waals surface area (Å²) in [6, 6.07) is 13.4. The number of halogens is 1. The first-order valence-corrected chi connectivity index (χ1v) is 11.3. The molecule has 2 aromatic rings. The van der Waals surface area contributed by atoms with Crippen LogP contribution in [0.25, 0.3) is 0 Å². The minimum atomic E-state index is -0.382. The third-order valence-corrected chi connectivity index (χ3v) is 5.83. The lowest BCUT2D eigenvalue weighted by atomic mass is 9.88. The number of hydrogen-bond acceptors (Lipinski definition) is 3. The van der Waals surface area contributed by atoms with Crippen molar-refractivity contribution in [1.82, 2.24) is 4.90 Å². The summed E-state index contributed by atoms with van der Waals surface area (Å²) < 4.78 is 13.1. The van der Waals surface area contributed by atoms with Gasteiger partial charge in [0.15, 0.2) is 0 Å². The number of carbonyl (C=O) groups excluding carboxylic acids is 2. The minimum Gasteiger partial charge on any atom is -0.335 e. The first kappa shape index (κ1) is 23.9. The number of amides is 2. The Morgan fingerprint density at radius 1 is 1.06 bits per heavy atom. The monoisotopic (exact) mass is 439 g/mol. The second-order valence-corrected chi connectivity index (χ2v) is 9.99. The van der Waals surface area contributed by atoms with Gasteiger partial charge in [-0.3, -0.25) is 9.59 Å². The quantitative estimate of drug-likeness (QED) is 0.656. The first-order valence-electron chi connectivity index (χ1n) is 11.3. The summed E-state index contributed by atoms with van der Waals surface area (Å²) in [5.41, 5.74) is 7.98. The molecule has 5 nitrogen and oxygen atoms in total. The number of benzene rings is 2. The van der Waals surface area contributed by atoms with Crippen molar-refractivity contribution < 1.29 is 14.0 Å². The highest BCUT2D eigenvalue weighted by Crippen LogP contribution is 2.28. The van der Waals surface area contributed by atoms with E-state index in [4.69, 9.17) is 5.73 Å². The van der Waals surface area contributed by atoms with E-state index in [-0.39, 0.29) is 35.1 Å². The van der Waals surface area contributed by atoms with Crippen LogP contribution in [0.3, 0.4) is 0 Å². The molecule has 0 heterocycles. The molecule has 6 heteroatoms. The van der Waals surface area contributed by atoms with Crippen LogP contribution in [-0.4, -0.2) is 28.8 Å². The molecule has 1 saturated carbocycles. The number of anilines is 1. The standard InChI is InChI=1S/C26H34FN3O2/c1-26(2,3)16-24(31)30(23-13-11-21(28)12-14-23)17-18-5-4-6-22(15-18)29-25(32)19-7-9-20(27)10-8-19/h4-10,15,21,23H,11-14,16-17,28H2,1-3H3,(H,29,32). The molecule has 0 spiro atoms. The Balaban J connectivity index is 1.74. The van der Waals surface area contributed by atoms with Gasteiger partial charge in [0.1, 0.15) is 5.82 Å². The summed E-state index contributed by atoms with van der Waals surface area (Å²) in [6.45, 7) is 6.72. The summed E-state index contributed by atoms with van der Waals surface area (Å²) in [5, 5.41) is 2.86. The highest BCUT2D eigenvalue weighted by molar-refractivity contribution is 6.04. The fourth-order valence-electron chi connectivity index (χ4n) is 4.14. The molecule has 32 heavy (non-hydrogen) atoms. The lowest BCUT2D eigenvalue weighted by Gasteiger charge is -2.37. The van der Waals surface area contributed by atoms with Gasteiger partial charge in [0, 0.05) is 36.3 Å². The van der Waals surface area contributed by atoms with Gasteiger partial charge in [0.2, 0.25) is 5.91 Å². The lowest BCUT2D eigenvalue weighted by Crippen LogP contribution is -2.44. The Kier molecular flexibility index (Phi) is 7.67. The lowest BCUT2D eigenvalue weighted by molar-refractivity contribution is -0.137. The van der Waals surface area contributed by atoms with Crippen molar-refractivity contribution in [2.45, 2.75) is 71.5 Å². The molecule has 0 radical (unpaired) electrons. The van der Waals surface area contributed by atoms with Gasteiger partial charge < -0.3 is 16.0 Å². The zero-order chi connectivity index (χ0) is 23.3. The normalized spacial score (nSPS) is 18.8. The average Bonchev–Trinajstić information content (AvgIpc) is 2.72. The largest absolute Gasteiger partial charge is 0.335 e. The fourth-order valence-corrected chi connectivity index (χ4v) is 4.14. The highest BCUT2D eigenvalue weighted by atomic mass is 19.1. The first-order chi connectivity index (χ1) is 15.1. The van der Waals surface area contributed by atoms with Crippen molar-refractivity contribution in [1.29, 1.82) is 0 Å². The summed E-state index contributed by atoms with van der Waals surface area (Å²) in [5.74, 6) is -0.532. The van der Waals surface area contributed by atoms with E-state index in [1.807, 2.05) is 29.2 Å². The molecule has 172 valence electrons. The molecule has 2 amide bonds. The molecule has 1 fully saturated rings. The summed E-state index contributed by atoms with van der Waals surface area (Å²) in [7, 11) is 0. The van der Waals surface area contributed by atoms with Crippen LogP contribution in [0.5, 0.6) is 0 Å². The Labute approximate surface area is 190 Å². The molecule has 2 aromatic carbocycles. The second kappa shape index (κ2) is 10.3. The van der Waals surface area contributed by atoms with Crippen molar-refractivity contribution >= 4 is 17.5 Å². The molecule has 0 aliphatic heterocycles. The molecule has 0 unspecified atom stereocenters. The molecule has 0 aromatic heterocycles. The Hall–Kier alpha value is -2.73. The molecular formula is C26H34FN3O2. The third-order valence-electron chi connectivity index (χ3n) is 5.83. The van der Waals surface area contributed by atoms with Gasteiger partial charge in [-0.2, -0.15) is 0 Å². The predicted octanol–water partition coefficient (Wildman–Crippen LogP) is 5.11. The maximum Gasteiger partial charge on any atom is 0.255 e. The van der Waals surface area contributed by atoms with Gasteiger partial charge in [0.25, 0.3) is 5.91 Å². The van der Waals surface area contributed by atoms with Gasteiger partial charge >= 0.3 is 0 Å². The van der Waals surface area contributed by atoms with E-state index in [1.165, 1.54) is 24.3 Å². The summed E-state index contributed by atoms with van der Waals surface area (Å²) in [6.07, 6.45) is 4.17. The van der Waals surface area contributed by atoms with Crippen molar-refractivity contribution in [3.8, 4) is 0 Å². The van der Waals surface area contributed by atoms with Crippen LogP contribution < -0.4 is 11.1 Å². The maximum atomic E-state index is 13.2. The highest BCUT2D eigenvalue weighted by Gasteiger charge is 2.30. The van der Waals surface area contributed by atoms with E-state index in [2.05, 4.69) is 26.1 Å². The van der Waals surface area contributed by atoms with Crippen LogP contribution in [-0.2, 0) is 11.3 Å². The SMILES string of the molecule is CC(C)(C)CC(=O)N(Cc1cccc(NC(=O)c2ccc(F)cc2)c1)C1CCC(N)CC1. The van der Waals surface area contributed by atoms with E-state index in [0.29, 0.717) is 24.2 Å². The summed E-state index contributed by atoms with van der Waals surface area (Å²) in [4.78, 5) is 27.7. The van der Waals surface area contributed by atoms with Crippen LogP contribution in [0.15, 0.2) is 48.5 Å². The fraction of sp³-hybridized carbons (Fsp3) is 0.462. The number of rotatable bonds is 6. The van der Waals surface area contributed by atoms with Crippen LogP contribution in [0.1, 0.15) is 68.8 Å². The van der Waals surface area contributed by atoms with Gasteiger partial charge in [-0.25, -0.2) is 4.39 Å². The van der Waals surface area contributed by atoms with E-state index in [1.54, 1.807) is 0 Å². The van der Waals surface area contributed by atoms with Gasteiger partial charge in [-0.15, -0.1) is 0 Å². The van der Waals surface area contributed by atoms with Gasteiger partial charge in [0.05, 0.1) is 0 Å². The predicted molar refractivity (Wildman–Crippen MR) is 126 cm³/mol. The molecule has 0 saturated heterocycles. The van der Waals surface area contributed by atoms with Crippen molar-refractivity contribution in [2.75, 3.05) is 5.32 Å². The molecule has 0 atom stereocenters. The smallest absolute Gasteiger partial charge is 0.255 e. The number of nitrogens with zero attached hydrogens (tertiary/aromatic N) is 1. The van der Waals surface area contributed by atoms with E-state index >= 15 is 0 Å². The molecule has 1 aliphatic carbocycles. The molecule has 3 N–H and O–H groups in total. The van der Waals surface area contributed by atoms with Crippen molar-refractivity contribution in [3.63, 3.8) is 0 Å². The molecular weight excluding hydrogens is 405 g/mol. The molecule has 1 aliphatic rings. The van der Waals surface area contributed by atoms with E-state index in [0.717, 1.165) is 31.2 Å². The number of nitrogens with two attached hydrogens (primary N) is 1. The Bertz CT molecular complexity index is 929. The van der Waals surface area contributed by atoms with E-state index in [9.17, 15) is 14.0 Å². The summed E-state index contributed by atoms with van der Waals surface area (Å²) >= 11 is 0.